The Morgan fingerprint density at radius 3 is 1.38 bits per heavy atom. The van der Waals surface area contributed by atoms with E-state index in [4.69, 9.17) is 0 Å². The minimum atomic E-state index is 0. The van der Waals surface area contributed by atoms with Gasteiger partial charge in [-0.25, -0.2) is 0 Å². The molecule has 2 heteroatoms. The molecule has 0 amide bonds. The molecule has 0 N–H and O–H groups in total. The summed E-state index contributed by atoms with van der Waals surface area (Å²) in [4.78, 5) is 5.61. The van der Waals surface area contributed by atoms with Crippen LogP contribution < -0.4 is 0 Å². The summed E-state index contributed by atoms with van der Waals surface area (Å²) in [5.41, 5.74) is 3.01. The third-order valence-corrected chi connectivity index (χ3v) is 6.21. The van der Waals surface area contributed by atoms with Gasteiger partial charge in [-0.05, 0) is 47.2 Å². The minimum Gasteiger partial charge on any atom is -0.0877 e. The van der Waals surface area contributed by atoms with E-state index >= 15 is 0 Å². The molecule has 1 heterocycles. The van der Waals surface area contributed by atoms with Crippen molar-refractivity contribution in [3.05, 3.63) is 47.5 Å². The lowest BCUT2D eigenvalue weighted by Crippen LogP contribution is -2.01. The van der Waals surface area contributed by atoms with Gasteiger partial charge in [0.25, 0.3) is 0 Å². The van der Waals surface area contributed by atoms with Crippen molar-refractivity contribution < 1.29 is 0 Å². The Morgan fingerprint density at radius 2 is 1.05 bits per heavy atom. The Balaban J connectivity index is 0.00000161. The number of hydrogen-bond donors (Lipinski definition) is 0. The van der Waals surface area contributed by atoms with E-state index in [9.17, 15) is 0 Å². The van der Waals surface area contributed by atoms with Crippen molar-refractivity contribution in [1.82, 2.24) is 0 Å². The van der Waals surface area contributed by atoms with Crippen molar-refractivity contribution >= 4 is 23.5 Å². The summed E-state index contributed by atoms with van der Waals surface area (Å²) in [6.07, 6.45) is 0. The van der Waals surface area contributed by atoms with Crippen LogP contribution in [0.2, 0.25) is 0 Å². The van der Waals surface area contributed by atoms with Crippen molar-refractivity contribution in [3.63, 3.8) is 0 Å². The van der Waals surface area contributed by atoms with Crippen molar-refractivity contribution in [1.29, 1.82) is 0 Å². The van der Waals surface area contributed by atoms with Crippen LogP contribution in [0.3, 0.4) is 0 Å². The molecule has 0 unspecified atom stereocenters. The first kappa shape index (κ1) is 16.5. The smallest absolute Gasteiger partial charge is 0.0265 e. The lowest BCUT2D eigenvalue weighted by molar-refractivity contribution is 0.779. The van der Waals surface area contributed by atoms with E-state index < -0.39 is 0 Å². The molecular formula is C19H24S2. The van der Waals surface area contributed by atoms with E-state index in [2.05, 4.69) is 64.1 Å². The number of fused-ring (bicyclic) bond motifs is 2. The Morgan fingerprint density at radius 1 is 0.667 bits per heavy atom. The second-order valence-electron chi connectivity index (χ2n) is 5.89. The van der Waals surface area contributed by atoms with Crippen LogP contribution in [0.4, 0.5) is 0 Å². The number of benzene rings is 2. The Hall–Kier alpha value is -0.860. The molecule has 112 valence electrons. The SMILES string of the molecule is C.CC(C)c1cc2c(cc1C(C)C)Sc1ccccc1S2. The zero-order chi connectivity index (χ0) is 14.3. The van der Waals surface area contributed by atoms with Gasteiger partial charge in [0.2, 0.25) is 0 Å². The quantitative estimate of drug-likeness (QED) is 0.491. The lowest BCUT2D eigenvalue weighted by Gasteiger charge is -2.23. The molecule has 0 nitrogen and oxygen atoms in total. The molecule has 0 bridgehead atoms. The van der Waals surface area contributed by atoms with E-state index in [0.717, 1.165) is 0 Å². The molecule has 1 aliphatic heterocycles. The highest BCUT2D eigenvalue weighted by Gasteiger charge is 2.20. The van der Waals surface area contributed by atoms with E-state index in [1.165, 1.54) is 30.7 Å². The summed E-state index contributed by atoms with van der Waals surface area (Å²) < 4.78 is 0. The normalized spacial score (nSPS) is 12.9. The van der Waals surface area contributed by atoms with Gasteiger partial charge in [-0.3, -0.25) is 0 Å². The van der Waals surface area contributed by atoms with Crippen LogP contribution in [-0.4, -0.2) is 0 Å². The van der Waals surface area contributed by atoms with Crippen molar-refractivity contribution in [2.45, 2.75) is 66.5 Å². The van der Waals surface area contributed by atoms with Crippen LogP contribution in [0.1, 0.15) is 58.1 Å². The molecule has 2 aromatic rings. The predicted molar refractivity (Wildman–Crippen MR) is 96.0 cm³/mol. The topological polar surface area (TPSA) is 0 Å². The molecule has 0 saturated heterocycles. The molecule has 1 aliphatic rings. The first-order chi connectivity index (χ1) is 9.56. The molecule has 21 heavy (non-hydrogen) atoms. The fourth-order valence-electron chi connectivity index (χ4n) is 2.61. The molecule has 0 radical (unpaired) electrons. The molecule has 0 aliphatic carbocycles. The third-order valence-electron chi connectivity index (χ3n) is 3.68. The van der Waals surface area contributed by atoms with Gasteiger partial charge in [0.15, 0.2) is 0 Å². The molecule has 2 aromatic carbocycles. The molecule has 0 spiro atoms. The first-order valence-corrected chi connectivity index (χ1v) is 8.82. The van der Waals surface area contributed by atoms with Crippen LogP contribution in [-0.2, 0) is 0 Å². The summed E-state index contributed by atoms with van der Waals surface area (Å²) >= 11 is 3.83. The van der Waals surface area contributed by atoms with E-state index in [-0.39, 0.29) is 7.43 Å². The summed E-state index contributed by atoms with van der Waals surface area (Å²) in [6, 6.07) is 13.5. The van der Waals surface area contributed by atoms with Gasteiger partial charge in [0, 0.05) is 19.6 Å². The third kappa shape index (κ3) is 3.17. The highest BCUT2D eigenvalue weighted by molar-refractivity contribution is 8.05. The zero-order valence-corrected chi connectivity index (χ0v) is 14.1. The van der Waals surface area contributed by atoms with Crippen LogP contribution in [0.15, 0.2) is 56.0 Å². The van der Waals surface area contributed by atoms with Gasteiger partial charge in [0.1, 0.15) is 0 Å². The van der Waals surface area contributed by atoms with Crippen LogP contribution in [0.5, 0.6) is 0 Å². The summed E-state index contributed by atoms with van der Waals surface area (Å²) in [5.74, 6) is 1.17. The van der Waals surface area contributed by atoms with E-state index in [0.29, 0.717) is 11.8 Å². The summed E-state index contributed by atoms with van der Waals surface area (Å²) in [7, 11) is 0. The van der Waals surface area contributed by atoms with Crippen LogP contribution in [0.25, 0.3) is 0 Å². The highest BCUT2D eigenvalue weighted by atomic mass is 32.2. The van der Waals surface area contributed by atoms with Gasteiger partial charge < -0.3 is 0 Å². The maximum atomic E-state index is 2.42. The van der Waals surface area contributed by atoms with Gasteiger partial charge >= 0.3 is 0 Å². The average Bonchev–Trinajstić information content (AvgIpc) is 2.43. The lowest BCUT2D eigenvalue weighted by atomic mass is 9.91. The summed E-state index contributed by atoms with van der Waals surface area (Å²) in [6.45, 7) is 9.18. The largest absolute Gasteiger partial charge is 0.0877 e. The maximum absolute atomic E-state index is 2.42. The molecule has 0 saturated carbocycles. The first-order valence-electron chi connectivity index (χ1n) is 7.19. The van der Waals surface area contributed by atoms with Gasteiger partial charge in [-0.2, -0.15) is 0 Å². The fourth-order valence-corrected chi connectivity index (χ4v) is 4.90. The fraction of sp³-hybridized carbons (Fsp3) is 0.368. The second kappa shape index (κ2) is 6.50. The second-order valence-corrected chi connectivity index (χ2v) is 8.06. The van der Waals surface area contributed by atoms with Gasteiger partial charge in [-0.1, -0.05) is 70.8 Å². The summed E-state index contributed by atoms with van der Waals surface area (Å²) in [5, 5.41) is 0. The van der Waals surface area contributed by atoms with E-state index in [1.54, 1.807) is 0 Å². The van der Waals surface area contributed by atoms with Crippen molar-refractivity contribution in [2.75, 3.05) is 0 Å². The van der Waals surface area contributed by atoms with Crippen LogP contribution >= 0.6 is 23.5 Å². The zero-order valence-electron chi connectivity index (χ0n) is 12.4. The number of hydrogen-bond acceptors (Lipinski definition) is 2. The Labute approximate surface area is 137 Å². The van der Waals surface area contributed by atoms with Gasteiger partial charge in [-0.15, -0.1) is 0 Å². The maximum Gasteiger partial charge on any atom is 0.0265 e. The predicted octanol–water partition coefficient (Wildman–Crippen LogP) is 7.19. The standard InChI is InChI=1S/C18H20S2.CH4/c1-11(2)13-9-17-18(10-14(13)12(3)4)20-16-8-6-5-7-15(16)19-17;/h5-12H,1-4H3;1H4. The van der Waals surface area contributed by atoms with Crippen LogP contribution in [0, 0.1) is 0 Å². The highest BCUT2D eigenvalue weighted by Crippen LogP contribution is 2.50. The Kier molecular flexibility index (Phi) is 5.11. The molecule has 0 aromatic heterocycles. The molecule has 3 rings (SSSR count). The average molecular weight is 317 g/mol. The molecule has 0 atom stereocenters. The monoisotopic (exact) mass is 316 g/mol. The number of rotatable bonds is 2. The van der Waals surface area contributed by atoms with E-state index in [1.807, 2.05) is 23.5 Å². The van der Waals surface area contributed by atoms with Crippen molar-refractivity contribution in [3.8, 4) is 0 Å². The molecular weight excluding hydrogens is 292 g/mol. The van der Waals surface area contributed by atoms with Gasteiger partial charge in [0.05, 0.1) is 0 Å². The Bertz CT molecular complexity index is 586. The molecule has 0 fully saturated rings. The minimum absolute atomic E-state index is 0. The van der Waals surface area contributed by atoms with Crippen molar-refractivity contribution in [2.24, 2.45) is 0 Å².